The molecule has 1 aliphatic heterocycles. The Labute approximate surface area is 181 Å². The highest BCUT2D eigenvalue weighted by Crippen LogP contribution is 2.43. The molecule has 2 rings (SSSR count). The lowest BCUT2D eigenvalue weighted by Gasteiger charge is -2.31. The lowest BCUT2D eigenvalue weighted by atomic mass is 9.88. The normalized spacial score (nSPS) is 21.9. The number of hydrogen-bond donors (Lipinski definition) is 1. The van der Waals surface area contributed by atoms with Crippen LogP contribution in [0.3, 0.4) is 0 Å². The molecule has 172 valence electrons. The van der Waals surface area contributed by atoms with E-state index in [-0.39, 0.29) is 47.4 Å². The highest BCUT2D eigenvalue weighted by molar-refractivity contribution is 6.99. The van der Waals surface area contributed by atoms with Crippen LogP contribution in [0.4, 0.5) is 0 Å². The summed E-state index contributed by atoms with van der Waals surface area (Å²) in [6, 6.07) is 0. The van der Waals surface area contributed by atoms with Gasteiger partial charge in [-0.25, -0.2) is 0 Å². The molecule has 2 heterocycles. The summed E-state index contributed by atoms with van der Waals surface area (Å²) in [5.41, 5.74) is -0.816. The van der Waals surface area contributed by atoms with Crippen LogP contribution in [-0.2, 0) is 4.84 Å². The van der Waals surface area contributed by atoms with Crippen molar-refractivity contribution in [1.29, 1.82) is 0 Å². The van der Waals surface area contributed by atoms with E-state index in [9.17, 15) is 10.1 Å². The fourth-order valence-electron chi connectivity index (χ4n) is 3.54. The second-order valence-electron chi connectivity index (χ2n) is 9.78. The molecule has 1 fully saturated rings. The first kappa shape index (κ1) is 24.5. The maximum atomic E-state index is 10.8. The molecule has 1 aromatic rings. The van der Waals surface area contributed by atoms with Crippen molar-refractivity contribution in [3.05, 3.63) is 10.1 Å². The smallest absolute Gasteiger partial charge is 0.294 e. The van der Waals surface area contributed by atoms with Crippen molar-refractivity contribution in [3.8, 4) is 11.8 Å². The van der Waals surface area contributed by atoms with Gasteiger partial charge in [0.05, 0.1) is 29.4 Å². The van der Waals surface area contributed by atoms with Crippen molar-refractivity contribution in [2.24, 2.45) is 5.92 Å². The first-order valence-corrected chi connectivity index (χ1v) is 10.6. The van der Waals surface area contributed by atoms with Gasteiger partial charge in [-0.05, 0) is 54.9 Å². The molecule has 12 heteroatoms. The van der Waals surface area contributed by atoms with Crippen LogP contribution >= 0.6 is 11.7 Å². The van der Waals surface area contributed by atoms with Gasteiger partial charge in [-0.2, -0.15) is 0 Å². The van der Waals surface area contributed by atoms with Crippen molar-refractivity contribution >= 4 is 11.7 Å². The van der Waals surface area contributed by atoms with E-state index in [1.54, 1.807) is 5.06 Å². The van der Waals surface area contributed by atoms with E-state index >= 15 is 0 Å². The molecule has 1 saturated heterocycles. The minimum absolute atomic E-state index is 0.0751. The summed E-state index contributed by atoms with van der Waals surface area (Å²) >= 11 is 0.944. The van der Waals surface area contributed by atoms with Crippen LogP contribution in [0, 0.1) is 16.0 Å². The van der Waals surface area contributed by atoms with Crippen molar-refractivity contribution < 1.29 is 24.6 Å². The molecule has 0 aromatic carbocycles. The molecular formula is C18H34N5O6S+. The van der Waals surface area contributed by atoms with Crippen molar-refractivity contribution in [1.82, 2.24) is 19.1 Å². The summed E-state index contributed by atoms with van der Waals surface area (Å²) in [6.07, 6.45) is 0.00861. The quantitative estimate of drug-likeness (QED) is 0.323. The van der Waals surface area contributed by atoms with Gasteiger partial charge in [0.2, 0.25) is 0 Å². The molecule has 0 radical (unpaired) electrons. The Morgan fingerprint density at radius 2 is 1.90 bits per heavy atom. The van der Waals surface area contributed by atoms with E-state index in [1.165, 1.54) is 0 Å². The zero-order valence-corrected chi connectivity index (χ0v) is 19.5. The van der Waals surface area contributed by atoms with Gasteiger partial charge in [-0.15, -0.1) is 18.9 Å². The highest BCUT2D eigenvalue weighted by Gasteiger charge is 2.55. The fourth-order valence-corrected chi connectivity index (χ4v) is 3.99. The average Bonchev–Trinajstić information content (AvgIpc) is 3.11. The summed E-state index contributed by atoms with van der Waals surface area (Å²) < 4.78 is 19.7. The summed E-state index contributed by atoms with van der Waals surface area (Å²) in [5.74, 6) is 0.562. The Balaban J connectivity index is 1.95. The Bertz CT molecular complexity index is 720. The molecule has 2 atom stereocenters. The third-order valence-electron chi connectivity index (χ3n) is 5.28. The third-order valence-corrected chi connectivity index (χ3v) is 5.77. The molecule has 0 bridgehead atoms. The van der Waals surface area contributed by atoms with E-state index in [4.69, 9.17) is 19.5 Å². The van der Waals surface area contributed by atoms with Gasteiger partial charge in [0, 0.05) is 18.0 Å². The van der Waals surface area contributed by atoms with Crippen LogP contribution in [0.2, 0.25) is 0 Å². The largest absolute Gasteiger partial charge is 0.473 e. The van der Waals surface area contributed by atoms with Crippen molar-refractivity contribution in [3.63, 3.8) is 0 Å². The van der Waals surface area contributed by atoms with E-state index in [1.807, 2.05) is 48.5 Å². The molecule has 0 spiro atoms. The number of hydrogen-bond acceptors (Lipinski definition) is 10. The minimum Gasteiger partial charge on any atom is -0.473 e. The lowest BCUT2D eigenvalue weighted by Crippen LogP contribution is -2.48. The Morgan fingerprint density at radius 1 is 1.30 bits per heavy atom. The molecule has 3 N–H and O–H groups in total. The van der Waals surface area contributed by atoms with Gasteiger partial charge in [-0.3, -0.25) is 0 Å². The van der Waals surface area contributed by atoms with Crippen LogP contribution in [0.1, 0.15) is 54.9 Å². The highest BCUT2D eigenvalue weighted by atomic mass is 32.1. The van der Waals surface area contributed by atoms with Crippen LogP contribution < -0.4 is 14.8 Å². The molecule has 30 heavy (non-hydrogen) atoms. The van der Waals surface area contributed by atoms with Gasteiger partial charge in [0.1, 0.15) is 6.61 Å². The maximum Gasteiger partial charge on any atom is 0.294 e. The van der Waals surface area contributed by atoms with Crippen molar-refractivity contribution in [2.75, 3.05) is 19.8 Å². The van der Waals surface area contributed by atoms with Gasteiger partial charge >= 0.3 is 0 Å². The van der Waals surface area contributed by atoms with Gasteiger partial charge in [0.15, 0.2) is 6.10 Å². The molecule has 0 amide bonds. The number of nitrogens with zero attached hydrogens (tertiary/aromatic N) is 4. The van der Waals surface area contributed by atoms with Crippen LogP contribution in [0.15, 0.2) is 0 Å². The van der Waals surface area contributed by atoms with E-state index in [0.717, 1.165) is 18.1 Å². The fraction of sp³-hybridized carbons (Fsp3) is 0.889. The Hall–Kier alpha value is -1.76. The summed E-state index contributed by atoms with van der Waals surface area (Å²) in [7, 11) is 0. The number of rotatable bonds is 10. The van der Waals surface area contributed by atoms with Crippen LogP contribution in [-0.4, -0.2) is 66.6 Å². The van der Waals surface area contributed by atoms with E-state index < -0.39 is 11.2 Å². The topological polar surface area (TPSA) is 135 Å². The van der Waals surface area contributed by atoms with Crippen LogP contribution in [0.5, 0.6) is 11.8 Å². The molecule has 1 aromatic heterocycles. The van der Waals surface area contributed by atoms with E-state index in [2.05, 4.69) is 14.1 Å². The maximum absolute atomic E-state index is 10.8. The average molecular weight is 449 g/mol. The predicted molar refractivity (Wildman–Crippen MR) is 112 cm³/mol. The van der Waals surface area contributed by atoms with Crippen molar-refractivity contribution in [2.45, 2.75) is 77.6 Å². The molecule has 0 saturated carbocycles. The summed E-state index contributed by atoms with van der Waals surface area (Å²) in [6.45, 7) is 14.5. The SMILES string of the molecule is CC(C)(C)NCC(COc1nsnc1OCC1CC(C)(C)N([OH2+])C1(C)C)O[N+](=O)[O-]. The summed E-state index contributed by atoms with van der Waals surface area (Å²) in [4.78, 5) is 15.5. The number of hydroxylamine groups is 2. The van der Waals surface area contributed by atoms with E-state index in [0.29, 0.717) is 6.61 Å². The molecular weight excluding hydrogens is 414 g/mol. The number of aromatic nitrogens is 2. The summed E-state index contributed by atoms with van der Waals surface area (Å²) in [5, 5.41) is 23.1. The Morgan fingerprint density at radius 3 is 2.40 bits per heavy atom. The number of nitrogens with one attached hydrogen (secondary N) is 1. The van der Waals surface area contributed by atoms with Gasteiger partial charge in [-0.1, -0.05) is 5.06 Å². The first-order chi connectivity index (χ1) is 13.7. The minimum atomic E-state index is -0.828. The zero-order chi connectivity index (χ0) is 22.7. The molecule has 1 aliphatic rings. The number of ether oxygens (including phenoxy) is 2. The third kappa shape index (κ3) is 6.37. The lowest BCUT2D eigenvalue weighted by molar-refractivity contribution is -0.768. The zero-order valence-electron chi connectivity index (χ0n) is 18.7. The van der Waals surface area contributed by atoms with Gasteiger partial charge < -0.3 is 24.8 Å². The molecule has 11 nitrogen and oxygen atoms in total. The van der Waals surface area contributed by atoms with Gasteiger partial charge in [0.25, 0.3) is 16.8 Å². The Kier molecular flexibility index (Phi) is 7.49. The first-order valence-electron chi connectivity index (χ1n) is 9.88. The van der Waals surface area contributed by atoms with Crippen LogP contribution in [0.25, 0.3) is 0 Å². The molecule has 0 aliphatic carbocycles. The molecule has 2 unspecified atom stereocenters. The standard InChI is InChI=1S/C18H33N5O6S/c1-16(2,3)19-9-13(29-23(25)26)11-28-15-14(20-30-21-15)27-10-12-8-17(4,5)22(24)18(12,6)7/h12-13,19,24H,8-11H2,1-7H3/p+1. The monoisotopic (exact) mass is 448 g/mol. The predicted octanol–water partition coefficient (Wildman–Crippen LogP) is 1.78. The second-order valence-corrected chi connectivity index (χ2v) is 10.3. The second kappa shape index (κ2) is 9.16.